The first-order chi connectivity index (χ1) is 14.5. The van der Waals surface area contributed by atoms with Crippen molar-refractivity contribution in [2.24, 2.45) is 0 Å². The summed E-state index contributed by atoms with van der Waals surface area (Å²) >= 11 is 0. The first-order valence-electron chi connectivity index (χ1n) is 9.52. The molecule has 3 aromatic heterocycles. The van der Waals surface area contributed by atoms with Crippen LogP contribution >= 0.6 is 0 Å². The number of nitrogens with one attached hydrogen (secondary N) is 2. The molecule has 4 heterocycles. The number of fused-ring (bicyclic) bond motifs is 1. The summed E-state index contributed by atoms with van der Waals surface area (Å²) in [6.45, 7) is 4.25. The number of aromatic nitrogens is 3. The van der Waals surface area contributed by atoms with Gasteiger partial charge in [-0.25, -0.2) is 14.8 Å². The van der Waals surface area contributed by atoms with Crippen molar-refractivity contribution in [3.05, 3.63) is 58.8 Å². The topological polar surface area (TPSA) is 120 Å². The lowest BCUT2D eigenvalue weighted by Gasteiger charge is -2.32. The van der Waals surface area contributed by atoms with Crippen LogP contribution in [0.15, 0.2) is 47.5 Å². The molecule has 1 aliphatic heterocycles. The lowest BCUT2D eigenvalue weighted by Crippen LogP contribution is -2.41. The zero-order valence-corrected chi connectivity index (χ0v) is 16.3. The van der Waals surface area contributed by atoms with Gasteiger partial charge in [0.15, 0.2) is 0 Å². The van der Waals surface area contributed by atoms with Gasteiger partial charge in [-0.15, -0.1) is 0 Å². The maximum absolute atomic E-state index is 12.4. The number of morpholine rings is 1. The molecule has 0 aliphatic carbocycles. The van der Waals surface area contributed by atoms with Gasteiger partial charge in [0.2, 0.25) is 0 Å². The molecule has 0 unspecified atom stereocenters. The number of carboxylic acid groups (broad SMARTS) is 1. The van der Waals surface area contributed by atoms with Gasteiger partial charge in [0, 0.05) is 25.4 Å². The molecule has 30 heavy (non-hydrogen) atoms. The summed E-state index contributed by atoms with van der Waals surface area (Å²) < 4.78 is 5.57. The predicted molar refractivity (Wildman–Crippen MR) is 114 cm³/mol. The van der Waals surface area contributed by atoms with Crippen LogP contribution < -0.4 is 15.8 Å². The molecule has 0 amide bonds. The fourth-order valence-corrected chi connectivity index (χ4v) is 3.38. The summed E-state index contributed by atoms with van der Waals surface area (Å²) in [5, 5.41) is 13.0. The minimum absolute atomic E-state index is 0.155. The minimum atomic E-state index is -1.07. The first-order valence-corrected chi connectivity index (χ1v) is 9.52. The highest BCUT2D eigenvalue weighted by atomic mass is 16.5. The average molecular weight is 407 g/mol. The second kappa shape index (κ2) is 8.34. The Morgan fingerprint density at radius 3 is 3.00 bits per heavy atom. The Balaban J connectivity index is 1.65. The fraction of sp³-hybridized carbons (Fsp3) is 0.238. The second-order valence-corrected chi connectivity index (χ2v) is 7.00. The van der Waals surface area contributed by atoms with Crippen LogP contribution in [-0.2, 0) is 9.53 Å². The molecule has 1 atom stereocenters. The number of hydrogen-bond acceptors (Lipinski definition) is 7. The van der Waals surface area contributed by atoms with Gasteiger partial charge < -0.3 is 25.0 Å². The van der Waals surface area contributed by atoms with Crippen LogP contribution in [0, 0.1) is 0 Å². The average Bonchev–Trinajstić information content (AvgIpc) is 2.73. The maximum Gasteiger partial charge on any atom is 0.328 e. The number of carboxylic acids is 1. The van der Waals surface area contributed by atoms with E-state index < -0.39 is 5.97 Å². The highest BCUT2D eigenvalue weighted by Gasteiger charge is 2.18. The quantitative estimate of drug-likeness (QED) is 0.552. The third-order valence-corrected chi connectivity index (χ3v) is 4.75. The van der Waals surface area contributed by atoms with E-state index in [1.807, 2.05) is 19.1 Å². The van der Waals surface area contributed by atoms with Gasteiger partial charge in [0.25, 0.3) is 5.56 Å². The summed E-state index contributed by atoms with van der Waals surface area (Å²) in [5.74, 6) is 0.105. The second-order valence-electron chi connectivity index (χ2n) is 7.00. The molecule has 1 aliphatic rings. The molecule has 9 nitrogen and oxygen atoms in total. The highest BCUT2D eigenvalue weighted by Crippen LogP contribution is 2.24. The molecular formula is C21H21N5O4. The SMILES string of the molecule is C[C@@H]1CN(c2ccc(Nc3nc(/C=C/C(=O)O)cc4cc[nH]c(=O)c34)cn2)CCO1. The number of ether oxygens (including phenoxy) is 1. The van der Waals surface area contributed by atoms with Crippen LogP contribution in [0.1, 0.15) is 12.6 Å². The summed E-state index contributed by atoms with van der Waals surface area (Å²) in [4.78, 5) is 37.0. The van der Waals surface area contributed by atoms with Crippen molar-refractivity contribution in [2.75, 3.05) is 29.9 Å². The first kappa shape index (κ1) is 19.6. The minimum Gasteiger partial charge on any atom is -0.478 e. The van der Waals surface area contributed by atoms with Crippen LogP contribution in [0.25, 0.3) is 16.8 Å². The van der Waals surface area contributed by atoms with Crippen molar-refractivity contribution in [1.29, 1.82) is 0 Å². The smallest absolute Gasteiger partial charge is 0.328 e. The highest BCUT2D eigenvalue weighted by molar-refractivity contribution is 5.94. The number of H-pyrrole nitrogens is 1. The molecule has 3 aromatic rings. The molecule has 0 aromatic carbocycles. The number of carbonyl (C=O) groups is 1. The van der Waals surface area contributed by atoms with Crippen molar-refractivity contribution >= 4 is 40.1 Å². The number of anilines is 3. The van der Waals surface area contributed by atoms with Crippen molar-refractivity contribution in [2.45, 2.75) is 13.0 Å². The monoisotopic (exact) mass is 407 g/mol. The van der Waals surface area contributed by atoms with Gasteiger partial charge in [0.1, 0.15) is 11.6 Å². The molecule has 154 valence electrons. The van der Waals surface area contributed by atoms with Gasteiger partial charge in [-0.05, 0) is 42.7 Å². The molecular weight excluding hydrogens is 386 g/mol. The van der Waals surface area contributed by atoms with E-state index in [1.165, 1.54) is 6.08 Å². The van der Waals surface area contributed by atoms with Crippen LogP contribution in [-0.4, -0.2) is 51.8 Å². The van der Waals surface area contributed by atoms with Crippen LogP contribution in [0.5, 0.6) is 0 Å². The van der Waals surface area contributed by atoms with E-state index in [0.29, 0.717) is 34.6 Å². The van der Waals surface area contributed by atoms with Crippen molar-refractivity contribution < 1.29 is 14.6 Å². The van der Waals surface area contributed by atoms with Crippen molar-refractivity contribution in [3.8, 4) is 0 Å². The van der Waals surface area contributed by atoms with Gasteiger partial charge in [-0.3, -0.25) is 4.79 Å². The van der Waals surface area contributed by atoms with Crippen LogP contribution in [0.2, 0.25) is 0 Å². The number of hydrogen-bond donors (Lipinski definition) is 3. The fourth-order valence-electron chi connectivity index (χ4n) is 3.38. The number of aromatic amines is 1. The summed E-state index contributed by atoms with van der Waals surface area (Å²) in [7, 11) is 0. The Morgan fingerprint density at radius 2 is 2.27 bits per heavy atom. The van der Waals surface area contributed by atoms with Crippen molar-refractivity contribution in [3.63, 3.8) is 0 Å². The zero-order chi connectivity index (χ0) is 21.1. The third-order valence-electron chi connectivity index (χ3n) is 4.75. The van der Waals surface area contributed by atoms with E-state index in [-0.39, 0.29) is 11.7 Å². The maximum atomic E-state index is 12.4. The van der Waals surface area contributed by atoms with E-state index in [1.54, 1.807) is 24.5 Å². The molecule has 4 rings (SSSR count). The lowest BCUT2D eigenvalue weighted by atomic mass is 10.1. The Kier molecular flexibility index (Phi) is 5.44. The van der Waals surface area contributed by atoms with Crippen molar-refractivity contribution in [1.82, 2.24) is 15.0 Å². The molecule has 1 saturated heterocycles. The van der Waals surface area contributed by atoms with E-state index >= 15 is 0 Å². The molecule has 0 saturated carbocycles. The number of rotatable bonds is 5. The molecule has 3 N–H and O–H groups in total. The van der Waals surface area contributed by atoms with Crippen LogP contribution in [0.3, 0.4) is 0 Å². The molecule has 0 radical (unpaired) electrons. The standard InChI is InChI=1S/C21H21N5O4/c1-13-12-26(8-9-30-13)17-4-2-16(11-23-17)25-20-19-14(6-7-22-21(19)29)10-15(24-20)3-5-18(27)28/h2-7,10-11,13H,8-9,12H2,1H3,(H,22,29)(H,24,25)(H,27,28)/b5-3+/t13-/m1/s1. The Bertz CT molecular complexity index is 1160. The molecule has 9 heteroatoms. The number of aliphatic carboxylic acids is 1. The third kappa shape index (κ3) is 4.31. The van der Waals surface area contributed by atoms with E-state index in [0.717, 1.165) is 25.0 Å². The summed E-state index contributed by atoms with van der Waals surface area (Å²) in [6.07, 6.45) is 5.76. The van der Waals surface area contributed by atoms with E-state index in [4.69, 9.17) is 9.84 Å². The lowest BCUT2D eigenvalue weighted by molar-refractivity contribution is -0.131. The van der Waals surface area contributed by atoms with Gasteiger partial charge in [0.05, 0.1) is 35.7 Å². The Morgan fingerprint density at radius 1 is 1.40 bits per heavy atom. The van der Waals surface area contributed by atoms with Gasteiger partial charge >= 0.3 is 5.97 Å². The normalized spacial score (nSPS) is 16.8. The summed E-state index contributed by atoms with van der Waals surface area (Å²) in [6, 6.07) is 7.17. The largest absolute Gasteiger partial charge is 0.478 e. The number of nitrogens with zero attached hydrogens (tertiary/aromatic N) is 3. The van der Waals surface area contributed by atoms with E-state index in [9.17, 15) is 9.59 Å². The van der Waals surface area contributed by atoms with E-state index in [2.05, 4.69) is 25.2 Å². The molecule has 0 spiro atoms. The Hall–Kier alpha value is -3.72. The molecule has 0 bridgehead atoms. The number of pyridine rings is 3. The molecule has 1 fully saturated rings. The van der Waals surface area contributed by atoms with Crippen LogP contribution in [0.4, 0.5) is 17.3 Å². The van der Waals surface area contributed by atoms with Gasteiger partial charge in [-0.2, -0.15) is 0 Å². The van der Waals surface area contributed by atoms with Gasteiger partial charge in [-0.1, -0.05) is 0 Å². The Labute approximate surface area is 172 Å². The predicted octanol–water partition coefficient (Wildman–Crippen LogP) is 2.38. The zero-order valence-electron chi connectivity index (χ0n) is 16.3. The summed E-state index contributed by atoms with van der Waals surface area (Å²) in [5.41, 5.74) is 0.796.